The van der Waals surface area contributed by atoms with Gasteiger partial charge in [-0.3, -0.25) is 0 Å². The van der Waals surface area contributed by atoms with Crippen LogP contribution >= 0.6 is 11.3 Å². The quantitative estimate of drug-likeness (QED) is 0.802. The van der Waals surface area contributed by atoms with E-state index in [2.05, 4.69) is 21.4 Å². The topological polar surface area (TPSA) is 66.3 Å². The van der Waals surface area contributed by atoms with Crippen molar-refractivity contribution in [2.75, 3.05) is 11.9 Å². The predicted octanol–water partition coefficient (Wildman–Crippen LogP) is 3.03. The summed E-state index contributed by atoms with van der Waals surface area (Å²) in [6, 6.07) is 6.99. The number of hydrogen-bond donors (Lipinski definition) is 1. The summed E-state index contributed by atoms with van der Waals surface area (Å²) >= 11 is 1.66. The van der Waals surface area contributed by atoms with E-state index >= 15 is 0 Å². The molecule has 0 fully saturated rings. The maximum absolute atomic E-state index is 11.0. The van der Waals surface area contributed by atoms with Crippen LogP contribution in [-0.4, -0.2) is 28.1 Å². The minimum absolute atomic E-state index is 0.229. The van der Waals surface area contributed by atoms with E-state index in [1.807, 2.05) is 17.3 Å². The lowest BCUT2D eigenvalue weighted by molar-refractivity contribution is 0.0697. The number of hydrogen-bond acceptors (Lipinski definition) is 5. The van der Waals surface area contributed by atoms with Crippen molar-refractivity contribution in [2.45, 2.75) is 6.54 Å². The molecule has 0 spiro atoms. The number of carboxylic acids is 1. The summed E-state index contributed by atoms with van der Waals surface area (Å²) < 4.78 is 0. The first-order valence-electron chi connectivity index (χ1n) is 6.35. The maximum Gasteiger partial charge on any atom is 0.335 e. The molecule has 0 radical (unpaired) electrons. The van der Waals surface area contributed by atoms with Crippen molar-refractivity contribution >= 4 is 34.0 Å². The fourth-order valence-corrected chi connectivity index (χ4v) is 2.87. The number of benzene rings is 1. The first-order chi connectivity index (χ1) is 10.1. The van der Waals surface area contributed by atoms with Gasteiger partial charge in [-0.2, -0.15) is 11.3 Å². The Hall–Kier alpha value is -2.47. The Labute approximate surface area is 125 Å². The summed E-state index contributed by atoms with van der Waals surface area (Å²) in [6.45, 7) is 0.746. The van der Waals surface area contributed by atoms with Crippen LogP contribution in [0.15, 0.2) is 41.4 Å². The van der Waals surface area contributed by atoms with Gasteiger partial charge in [0, 0.05) is 19.0 Å². The SMILES string of the molecule is CN(Cc1ccsc1)c1ncnc2cc(C(=O)O)ccc12. The summed E-state index contributed by atoms with van der Waals surface area (Å²) in [5.41, 5.74) is 2.08. The zero-order valence-electron chi connectivity index (χ0n) is 11.4. The van der Waals surface area contributed by atoms with Crippen LogP contribution in [0.4, 0.5) is 5.82 Å². The van der Waals surface area contributed by atoms with E-state index in [1.54, 1.807) is 29.5 Å². The Morgan fingerprint density at radius 3 is 2.90 bits per heavy atom. The van der Waals surface area contributed by atoms with E-state index in [4.69, 9.17) is 5.11 Å². The number of anilines is 1. The molecule has 0 amide bonds. The maximum atomic E-state index is 11.0. The third-order valence-electron chi connectivity index (χ3n) is 3.22. The average molecular weight is 299 g/mol. The van der Waals surface area contributed by atoms with Crippen molar-refractivity contribution in [1.82, 2.24) is 9.97 Å². The van der Waals surface area contributed by atoms with Gasteiger partial charge < -0.3 is 10.0 Å². The molecule has 3 aromatic rings. The van der Waals surface area contributed by atoms with Crippen molar-refractivity contribution in [3.8, 4) is 0 Å². The number of carbonyl (C=O) groups is 1. The van der Waals surface area contributed by atoms with Gasteiger partial charge in [0.25, 0.3) is 0 Å². The van der Waals surface area contributed by atoms with Crippen molar-refractivity contribution in [2.24, 2.45) is 0 Å². The summed E-state index contributed by atoms with van der Waals surface area (Å²) in [7, 11) is 1.96. The molecule has 0 bridgehead atoms. The highest BCUT2D eigenvalue weighted by Gasteiger charge is 2.11. The smallest absolute Gasteiger partial charge is 0.335 e. The van der Waals surface area contributed by atoms with Crippen LogP contribution in [0.25, 0.3) is 10.9 Å². The molecule has 106 valence electrons. The first-order valence-corrected chi connectivity index (χ1v) is 7.29. The Balaban J connectivity index is 2.00. The standard InChI is InChI=1S/C15H13N3O2S/c1-18(7-10-4-5-21-8-10)14-12-3-2-11(15(19)20)6-13(12)16-9-17-14/h2-6,8-9H,7H2,1H3,(H,19,20). The predicted molar refractivity (Wildman–Crippen MR) is 82.9 cm³/mol. The second-order valence-electron chi connectivity index (χ2n) is 4.72. The van der Waals surface area contributed by atoms with Crippen molar-refractivity contribution in [3.63, 3.8) is 0 Å². The van der Waals surface area contributed by atoms with Gasteiger partial charge in [-0.1, -0.05) is 0 Å². The third-order valence-corrected chi connectivity index (χ3v) is 3.96. The van der Waals surface area contributed by atoms with E-state index in [9.17, 15) is 4.79 Å². The molecular formula is C15H13N3O2S. The second kappa shape index (κ2) is 5.49. The number of aromatic nitrogens is 2. The van der Waals surface area contributed by atoms with Gasteiger partial charge in [0.2, 0.25) is 0 Å². The summed E-state index contributed by atoms with van der Waals surface area (Å²) in [4.78, 5) is 21.6. The lowest BCUT2D eigenvalue weighted by atomic mass is 10.1. The van der Waals surface area contributed by atoms with Crippen LogP contribution in [0.2, 0.25) is 0 Å². The minimum Gasteiger partial charge on any atom is -0.478 e. The van der Waals surface area contributed by atoms with Crippen LogP contribution in [0, 0.1) is 0 Å². The second-order valence-corrected chi connectivity index (χ2v) is 5.50. The zero-order valence-corrected chi connectivity index (χ0v) is 12.2. The summed E-state index contributed by atoms with van der Waals surface area (Å²) in [5.74, 6) is -0.160. The van der Waals surface area contributed by atoms with Crippen LogP contribution in [0.3, 0.4) is 0 Å². The molecule has 3 rings (SSSR count). The molecule has 21 heavy (non-hydrogen) atoms. The molecule has 0 unspecified atom stereocenters. The van der Waals surface area contributed by atoms with Gasteiger partial charge in [0.15, 0.2) is 0 Å². The van der Waals surface area contributed by atoms with E-state index < -0.39 is 5.97 Å². The Morgan fingerprint density at radius 2 is 2.19 bits per heavy atom. The molecular weight excluding hydrogens is 286 g/mol. The molecule has 2 heterocycles. The Bertz CT molecular complexity index is 787. The molecule has 1 N–H and O–H groups in total. The van der Waals surface area contributed by atoms with Crippen LogP contribution < -0.4 is 4.90 Å². The highest BCUT2D eigenvalue weighted by molar-refractivity contribution is 7.07. The molecule has 6 heteroatoms. The van der Waals surface area contributed by atoms with Gasteiger partial charge in [0.05, 0.1) is 11.1 Å². The van der Waals surface area contributed by atoms with Crippen molar-refractivity contribution in [3.05, 3.63) is 52.5 Å². The van der Waals surface area contributed by atoms with Crippen LogP contribution in [-0.2, 0) is 6.54 Å². The summed E-state index contributed by atoms with van der Waals surface area (Å²) in [5, 5.41) is 14.0. The fourth-order valence-electron chi connectivity index (χ4n) is 2.21. The largest absolute Gasteiger partial charge is 0.478 e. The molecule has 5 nitrogen and oxygen atoms in total. The fraction of sp³-hybridized carbons (Fsp3) is 0.133. The highest BCUT2D eigenvalue weighted by Crippen LogP contribution is 2.24. The lowest BCUT2D eigenvalue weighted by Gasteiger charge is -2.19. The van der Waals surface area contributed by atoms with Gasteiger partial charge >= 0.3 is 5.97 Å². The Morgan fingerprint density at radius 1 is 1.33 bits per heavy atom. The van der Waals surface area contributed by atoms with Gasteiger partial charge in [0.1, 0.15) is 12.1 Å². The minimum atomic E-state index is -0.955. The zero-order chi connectivity index (χ0) is 14.8. The van der Waals surface area contributed by atoms with E-state index in [0.29, 0.717) is 5.52 Å². The molecule has 0 aliphatic rings. The molecule has 0 atom stereocenters. The van der Waals surface area contributed by atoms with Crippen molar-refractivity contribution in [1.29, 1.82) is 0 Å². The lowest BCUT2D eigenvalue weighted by Crippen LogP contribution is -2.17. The normalized spacial score (nSPS) is 10.7. The number of nitrogens with zero attached hydrogens (tertiary/aromatic N) is 3. The van der Waals surface area contributed by atoms with Gasteiger partial charge in [-0.05, 0) is 40.6 Å². The molecule has 0 aliphatic carbocycles. The number of fused-ring (bicyclic) bond motifs is 1. The van der Waals surface area contributed by atoms with E-state index in [0.717, 1.165) is 17.7 Å². The average Bonchev–Trinajstić information content (AvgIpc) is 2.98. The summed E-state index contributed by atoms with van der Waals surface area (Å²) in [6.07, 6.45) is 1.47. The van der Waals surface area contributed by atoms with Crippen molar-refractivity contribution < 1.29 is 9.90 Å². The Kier molecular flexibility index (Phi) is 3.53. The highest BCUT2D eigenvalue weighted by atomic mass is 32.1. The molecule has 1 aromatic carbocycles. The number of carboxylic acid groups (broad SMARTS) is 1. The number of thiophene rings is 1. The van der Waals surface area contributed by atoms with Gasteiger partial charge in [-0.15, -0.1) is 0 Å². The third kappa shape index (κ3) is 2.71. The molecule has 0 saturated carbocycles. The van der Waals surface area contributed by atoms with E-state index in [-0.39, 0.29) is 5.56 Å². The van der Waals surface area contributed by atoms with Gasteiger partial charge in [-0.25, -0.2) is 14.8 Å². The molecule has 2 aromatic heterocycles. The number of aromatic carboxylic acids is 1. The first kappa shape index (κ1) is 13.5. The van der Waals surface area contributed by atoms with Crippen LogP contribution in [0.1, 0.15) is 15.9 Å². The van der Waals surface area contributed by atoms with E-state index in [1.165, 1.54) is 11.9 Å². The van der Waals surface area contributed by atoms with Crippen LogP contribution in [0.5, 0.6) is 0 Å². The monoisotopic (exact) mass is 299 g/mol. The molecule has 0 aliphatic heterocycles. The number of rotatable bonds is 4. The molecule has 0 saturated heterocycles.